The number of benzene rings is 2. The topological polar surface area (TPSA) is 34.1 Å². The van der Waals surface area contributed by atoms with E-state index in [0.29, 0.717) is 0 Å². The van der Waals surface area contributed by atoms with Crippen LogP contribution in [-0.2, 0) is 9.59 Å². The van der Waals surface area contributed by atoms with Crippen molar-refractivity contribution in [1.29, 1.82) is 0 Å². The van der Waals surface area contributed by atoms with Crippen molar-refractivity contribution in [3.05, 3.63) is 83.9 Å². The van der Waals surface area contributed by atoms with E-state index < -0.39 is 20.9 Å². The van der Waals surface area contributed by atoms with Gasteiger partial charge < -0.3 is 0 Å². The van der Waals surface area contributed by atoms with Crippen LogP contribution in [0.15, 0.2) is 72.8 Å². The van der Waals surface area contributed by atoms with Crippen molar-refractivity contribution in [1.82, 2.24) is 0 Å². The summed E-state index contributed by atoms with van der Waals surface area (Å²) in [4.78, 5) is 23.3. The predicted molar refractivity (Wildman–Crippen MR) is 96.0 cm³/mol. The summed E-state index contributed by atoms with van der Waals surface area (Å²) in [5.41, 5.74) is 2.10. The van der Waals surface area contributed by atoms with Gasteiger partial charge in [0.25, 0.3) is 0 Å². The second kappa shape index (κ2) is 8.62. The molecule has 23 heavy (non-hydrogen) atoms. The molecule has 2 aromatic rings. The van der Waals surface area contributed by atoms with Crippen LogP contribution in [0.3, 0.4) is 0 Å². The molecule has 0 saturated carbocycles. The summed E-state index contributed by atoms with van der Waals surface area (Å²) in [6, 6.07) is 19.8. The zero-order valence-corrected chi connectivity index (χ0v) is 15.5. The Morgan fingerprint density at radius 3 is 1.35 bits per heavy atom. The van der Waals surface area contributed by atoms with Gasteiger partial charge in [-0.15, -0.1) is 0 Å². The van der Waals surface area contributed by atoms with E-state index in [1.54, 1.807) is 26.0 Å². The number of carbonyl (C=O) groups is 2. The predicted octanol–water partition coefficient (Wildman–Crippen LogP) is 3.95. The summed E-state index contributed by atoms with van der Waals surface area (Å²) in [5.74, 6) is 0.0633. The van der Waals surface area contributed by atoms with Gasteiger partial charge in [-0.25, -0.2) is 0 Å². The second-order valence-corrected chi connectivity index (χ2v) is 8.17. The molecule has 0 amide bonds. The quantitative estimate of drug-likeness (QED) is 0.526. The van der Waals surface area contributed by atoms with Crippen LogP contribution in [0.2, 0.25) is 0 Å². The van der Waals surface area contributed by atoms with Crippen LogP contribution in [0.1, 0.15) is 25.0 Å². The third kappa shape index (κ3) is 5.63. The molecule has 0 N–H and O–H groups in total. The van der Waals surface area contributed by atoms with Crippen molar-refractivity contribution in [2.45, 2.75) is 13.8 Å². The van der Waals surface area contributed by atoms with Gasteiger partial charge in [-0.05, 0) is 0 Å². The molecule has 0 atom stereocenters. The van der Waals surface area contributed by atoms with Crippen molar-refractivity contribution in [2.75, 3.05) is 0 Å². The molecule has 0 spiro atoms. The van der Waals surface area contributed by atoms with E-state index in [2.05, 4.69) is 0 Å². The molecule has 3 heteroatoms. The maximum atomic E-state index is 11.6. The van der Waals surface area contributed by atoms with Crippen LogP contribution in [0.4, 0.5) is 0 Å². The average molecular weight is 418 g/mol. The van der Waals surface area contributed by atoms with Crippen molar-refractivity contribution in [3.63, 3.8) is 0 Å². The monoisotopic (exact) mass is 420 g/mol. The molecule has 0 aliphatic rings. The molecule has 0 fully saturated rings. The van der Waals surface area contributed by atoms with Crippen LogP contribution in [-0.4, -0.2) is 32.5 Å². The molecule has 0 aromatic heterocycles. The minimum atomic E-state index is -0.866. The molecule has 0 unspecified atom stereocenters. The van der Waals surface area contributed by atoms with Crippen LogP contribution in [0, 0.1) is 0 Å². The summed E-state index contributed by atoms with van der Waals surface area (Å²) < 4.78 is 2.08. The Morgan fingerprint density at radius 1 is 0.696 bits per heavy atom. The first kappa shape index (κ1) is 17.4. The summed E-state index contributed by atoms with van der Waals surface area (Å²) in [6.07, 6.45) is 3.41. The fourth-order valence-corrected chi connectivity index (χ4v) is 5.45. The number of allylic oxidation sites excluding steroid dienone is 2. The summed E-state index contributed by atoms with van der Waals surface area (Å²) >= 11 is -0.866. The standard InChI is InChI=1S/C20H18O2Te/c1-15(21)13-19(17-9-5-3-6-10-17)23-20(14-16(2)22)18-11-7-4-8-12-18/h3-14H,1-2H3/b19-13+,20-14+. The molecule has 0 aliphatic heterocycles. The van der Waals surface area contributed by atoms with E-state index in [1.807, 2.05) is 60.7 Å². The number of hydrogen-bond acceptors (Lipinski definition) is 2. The van der Waals surface area contributed by atoms with Gasteiger partial charge in [-0.3, -0.25) is 0 Å². The van der Waals surface area contributed by atoms with E-state index in [9.17, 15) is 9.59 Å². The molecule has 116 valence electrons. The Hall–Kier alpha value is -1.95. The van der Waals surface area contributed by atoms with E-state index >= 15 is 0 Å². The molecule has 2 nitrogen and oxygen atoms in total. The number of ketones is 2. The van der Waals surface area contributed by atoms with Crippen LogP contribution in [0.5, 0.6) is 0 Å². The van der Waals surface area contributed by atoms with Gasteiger partial charge in [-0.2, -0.15) is 0 Å². The van der Waals surface area contributed by atoms with E-state index in [-0.39, 0.29) is 11.6 Å². The zero-order valence-electron chi connectivity index (χ0n) is 13.2. The minimum absolute atomic E-state index is 0.0317. The molecular formula is C20H18O2Te. The first-order chi connectivity index (χ1) is 11.1. The number of hydrogen-bond donors (Lipinski definition) is 0. The molecule has 0 bridgehead atoms. The van der Waals surface area contributed by atoms with E-state index in [4.69, 9.17) is 0 Å². The first-order valence-corrected chi connectivity index (χ1v) is 9.62. The van der Waals surface area contributed by atoms with Gasteiger partial charge in [0.05, 0.1) is 0 Å². The molecular weight excluding hydrogens is 400 g/mol. The average Bonchev–Trinajstić information content (AvgIpc) is 2.54. The number of carbonyl (C=O) groups excluding carboxylic acids is 2. The molecule has 0 saturated heterocycles. The van der Waals surface area contributed by atoms with E-state index in [1.165, 1.54) is 0 Å². The van der Waals surface area contributed by atoms with Gasteiger partial charge in [0.2, 0.25) is 0 Å². The second-order valence-electron chi connectivity index (χ2n) is 5.07. The Kier molecular flexibility index (Phi) is 6.52. The molecule has 2 aromatic carbocycles. The zero-order chi connectivity index (χ0) is 16.7. The van der Waals surface area contributed by atoms with E-state index in [0.717, 1.165) is 18.4 Å². The fourth-order valence-electron chi connectivity index (χ4n) is 2.04. The van der Waals surface area contributed by atoms with Gasteiger partial charge in [0, 0.05) is 0 Å². The fraction of sp³-hybridized carbons (Fsp3) is 0.100. The molecule has 0 aliphatic carbocycles. The molecule has 2 rings (SSSR count). The summed E-state index contributed by atoms with van der Waals surface area (Å²) in [5, 5.41) is 0. The first-order valence-electron chi connectivity index (χ1n) is 7.29. The Morgan fingerprint density at radius 2 is 1.04 bits per heavy atom. The van der Waals surface area contributed by atoms with Gasteiger partial charge >= 0.3 is 147 Å². The maximum absolute atomic E-state index is 11.6. The van der Waals surface area contributed by atoms with Crippen LogP contribution in [0.25, 0.3) is 7.24 Å². The Labute approximate surface area is 147 Å². The van der Waals surface area contributed by atoms with Crippen molar-refractivity contribution in [3.8, 4) is 0 Å². The third-order valence-corrected chi connectivity index (χ3v) is 6.28. The van der Waals surface area contributed by atoms with Crippen LogP contribution >= 0.6 is 0 Å². The Balaban J connectivity index is 2.43. The van der Waals surface area contributed by atoms with Crippen molar-refractivity contribution >= 4 is 39.7 Å². The SMILES string of the molecule is CC(=O)/C=C(/[Te]/C(=C/C(C)=O)c1ccccc1)c1ccccc1. The number of rotatable bonds is 6. The van der Waals surface area contributed by atoms with Gasteiger partial charge in [0.1, 0.15) is 0 Å². The molecule has 0 heterocycles. The van der Waals surface area contributed by atoms with Gasteiger partial charge in [0.15, 0.2) is 0 Å². The summed E-state index contributed by atoms with van der Waals surface area (Å²) in [7, 11) is 0. The van der Waals surface area contributed by atoms with Crippen LogP contribution < -0.4 is 0 Å². The molecule has 0 radical (unpaired) electrons. The third-order valence-electron chi connectivity index (χ3n) is 3.01. The normalized spacial score (nSPS) is 12.1. The van der Waals surface area contributed by atoms with Gasteiger partial charge in [-0.1, -0.05) is 0 Å². The van der Waals surface area contributed by atoms with Crippen molar-refractivity contribution in [2.24, 2.45) is 0 Å². The van der Waals surface area contributed by atoms with Crippen molar-refractivity contribution < 1.29 is 9.59 Å². The summed E-state index contributed by atoms with van der Waals surface area (Å²) in [6.45, 7) is 3.12. The Bertz CT molecular complexity index is 678.